The molecule has 0 radical (unpaired) electrons. The highest BCUT2D eigenvalue weighted by Crippen LogP contribution is 2.23. The molecule has 33 heavy (non-hydrogen) atoms. The quantitative estimate of drug-likeness (QED) is 0.382. The van der Waals surface area contributed by atoms with E-state index in [0.717, 1.165) is 30.8 Å². The van der Waals surface area contributed by atoms with Gasteiger partial charge in [0.25, 0.3) is 11.8 Å². The Kier molecular flexibility index (Phi) is 8.44. The Bertz CT molecular complexity index is 1130. The van der Waals surface area contributed by atoms with Crippen LogP contribution in [-0.2, 0) is 6.54 Å². The number of rotatable bonds is 8. The first-order valence-corrected chi connectivity index (χ1v) is 11.4. The van der Waals surface area contributed by atoms with Gasteiger partial charge >= 0.3 is 0 Å². The van der Waals surface area contributed by atoms with Gasteiger partial charge in [0.15, 0.2) is 0 Å². The van der Waals surface area contributed by atoms with E-state index in [1.807, 2.05) is 37.3 Å². The van der Waals surface area contributed by atoms with Gasteiger partial charge in [-0.1, -0.05) is 55.2 Å². The van der Waals surface area contributed by atoms with E-state index >= 15 is 0 Å². The van der Waals surface area contributed by atoms with E-state index in [1.165, 1.54) is 12.1 Å². The molecule has 2 N–H and O–H groups in total. The van der Waals surface area contributed by atoms with Crippen molar-refractivity contribution in [1.29, 1.82) is 0 Å². The van der Waals surface area contributed by atoms with Crippen LogP contribution in [0.25, 0.3) is 0 Å². The second kappa shape index (κ2) is 11.3. The molecule has 0 spiro atoms. The highest BCUT2D eigenvalue weighted by molar-refractivity contribution is 6.33. The number of hydrogen-bond acceptors (Lipinski definition) is 4. The number of anilines is 2. The number of aromatic nitrogens is 1. The predicted molar refractivity (Wildman–Crippen MR) is 134 cm³/mol. The van der Waals surface area contributed by atoms with Crippen LogP contribution in [0, 0.1) is 6.92 Å². The summed E-state index contributed by atoms with van der Waals surface area (Å²) in [5, 5.41) is 5.98. The summed E-state index contributed by atoms with van der Waals surface area (Å²) in [5.74, 6) is -0.602. The number of carbonyl (C=O) groups excluding carboxylic acids is 2. The molecule has 3 aromatic rings. The zero-order chi connectivity index (χ0) is 24.0. The van der Waals surface area contributed by atoms with E-state index in [9.17, 15) is 9.59 Å². The van der Waals surface area contributed by atoms with Gasteiger partial charge in [-0.2, -0.15) is 0 Å². The summed E-state index contributed by atoms with van der Waals surface area (Å²) < 4.78 is 0. The molecule has 2 aromatic carbocycles. The van der Waals surface area contributed by atoms with Gasteiger partial charge in [-0.05, 0) is 67.5 Å². The SMILES string of the molecule is CCN(CC)Cc1ccc(C(=O)Nc2cc(NC(=O)c3cc(Cl)nc(Cl)c3)ccc2C)cc1. The molecule has 0 saturated heterocycles. The minimum Gasteiger partial charge on any atom is -0.322 e. The second-order valence-corrected chi connectivity index (χ2v) is 8.37. The normalized spacial score (nSPS) is 10.8. The number of aryl methyl sites for hydroxylation is 1. The molecular formula is C25H26Cl2N4O2. The Morgan fingerprint density at radius 1 is 0.848 bits per heavy atom. The molecule has 172 valence electrons. The lowest BCUT2D eigenvalue weighted by molar-refractivity contribution is 0.101. The van der Waals surface area contributed by atoms with Crippen molar-refractivity contribution in [1.82, 2.24) is 9.88 Å². The maximum absolute atomic E-state index is 12.8. The Balaban J connectivity index is 1.70. The molecule has 8 heteroatoms. The van der Waals surface area contributed by atoms with E-state index in [2.05, 4.69) is 34.4 Å². The molecule has 0 unspecified atom stereocenters. The Hall–Kier alpha value is -2.93. The number of pyridine rings is 1. The van der Waals surface area contributed by atoms with Crippen LogP contribution in [0.3, 0.4) is 0 Å². The monoisotopic (exact) mass is 484 g/mol. The minimum atomic E-state index is -0.383. The van der Waals surface area contributed by atoms with Crippen LogP contribution in [0.4, 0.5) is 11.4 Å². The molecular weight excluding hydrogens is 459 g/mol. The van der Waals surface area contributed by atoms with Crippen LogP contribution in [0.5, 0.6) is 0 Å². The van der Waals surface area contributed by atoms with Crippen molar-refractivity contribution >= 4 is 46.4 Å². The van der Waals surface area contributed by atoms with Gasteiger partial charge < -0.3 is 10.6 Å². The molecule has 2 amide bonds. The number of nitrogens with one attached hydrogen (secondary N) is 2. The summed E-state index contributed by atoms with van der Waals surface area (Å²) in [4.78, 5) is 31.5. The Labute approximate surface area is 203 Å². The van der Waals surface area contributed by atoms with Gasteiger partial charge in [0.2, 0.25) is 0 Å². The van der Waals surface area contributed by atoms with Crippen LogP contribution < -0.4 is 10.6 Å². The van der Waals surface area contributed by atoms with Crippen molar-refractivity contribution < 1.29 is 9.59 Å². The number of carbonyl (C=O) groups is 2. The van der Waals surface area contributed by atoms with E-state index < -0.39 is 0 Å². The van der Waals surface area contributed by atoms with Gasteiger partial charge in [-0.3, -0.25) is 14.5 Å². The summed E-state index contributed by atoms with van der Waals surface area (Å²) in [5.41, 5.74) is 4.02. The van der Waals surface area contributed by atoms with Crippen LogP contribution >= 0.6 is 23.2 Å². The second-order valence-electron chi connectivity index (χ2n) is 7.60. The first-order valence-electron chi connectivity index (χ1n) is 10.7. The maximum Gasteiger partial charge on any atom is 0.255 e. The molecule has 0 saturated carbocycles. The van der Waals surface area contributed by atoms with Gasteiger partial charge in [-0.15, -0.1) is 0 Å². The molecule has 6 nitrogen and oxygen atoms in total. The average Bonchev–Trinajstić information content (AvgIpc) is 2.79. The van der Waals surface area contributed by atoms with Crippen LogP contribution in [-0.4, -0.2) is 34.8 Å². The molecule has 3 rings (SSSR count). The molecule has 0 aliphatic carbocycles. The van der Waals surface area contributed by atoms with Crippen molar-refractivity contribution in [3.8, 4) is 0 Å². The van der Waals surface area contributed by atoms with Crippen molar-refractivity contribution in [3.63, 3.8) is 0 Å². The van der Waals surface area contributed by atoms with Crippen molar-refractivity contribution in [2.24, 2.45) is 0 Å². The largest absolute Gasteiger partial charge is 0.322 e. The lowest BCUT2D eigenvalue weighted by atomic mass is 10.1. The molecule has 0 bridgehead atoms. The third kappa shape index (κ3) is 6.78. The third-order valence-electron chi connectivity index (χ3n) is 5.29. The fraction of sp³-hybridized carbons (Fsp3) is 0.240. The number of hydrogen-bond donors (Lipinski definition) is 2. The van der Waals surface area contributed by atoms with Gasteiger partial charge in [-0.25, -0.2) is 4.98 Å². The van der Waals surface area contributed by atoms with Crippen molar-refractivity contribution in [2.45, 2.75) is 27.3 Å². The zero-order valence-corrected chi connectivity index (χ0v) is 20.3. The summed E-state index contributed by atoms with van der Waals surface area (Å²) in [6, 6.07) is 15.8. The topological polar surface area (TPSA) is 74.3 Å². The standard InChI is InChI=1S/C25H26Cl2N4O2/c1-4-31(5-2)15-17-7-9-18(10-8-17)24(32)29-21-14-20(11-6-16(21)3)28-25(33)19-12-22(26)30-23(27)13-19/h6-14H,4-5,15H2,1-3H3,(H,28,33)(H,29,32). The number of benzene rings is 2. The maximum atomic E-state index is 12.8. The summed E-state index contributed by atoms with van der Waals surface area (Å²) in [6.07, 6.45) is 0. The number of halogens is 2. The van der Waals surface area contributed by atoms with E-state index in [4.69, 9.17) is 23.2 Å². The van der Waals surface area contributed by atoms with Gasteiger partial charge in [0.1, 0.15) is 10.3 Å². The molecule has 0 aliphatic rings. The van der Waals surface area contributed by atoms with Crippen molar-refractivity contribution in [3.05, 3.63) is 87.2 Å². The molecule has 0 atom stereocenters. The lowest BCUT2D eigenvalue weighted by Gasteiger charge is -2.18. The Morgan fingerprint density at radius 3 is 2.06 bits per heavy atom. The summed E-state index contributed by atoms with van der Waals surface area (Å²) in [7, 11) is 0. The highest BCUT2D eigenvalue weighted by Gasteiger charge is 2.12. The average molecular weight is 485 g/mol. The summed E-state index contributed by atoms with van der Waals surface area (Å²) >= 11 is 11.8. The fourth-order valence-corrected chi connectivity index (χ4v) is 3.76. The van der Waals surface area contributed by atoms with Gasteiger partial charge in [0, 0.05) is 29.0 Å². The molecule has 0 fully saturated rings. The molecule has 0 aliphatic heterocycles. The van der Waals surface area contributed by atoms with Crippen LogP contribution in [0.15, 0.2) is 54.6 Å². The smallest absolute Gasteiger partial charge is 0.255 e. The lowest BCUT2D eigenvalue weighted by Crippen LogP contribution is -2.22. The zero-order valence-electron chi connectivity index (χ0n) is 18.8. The van der Waals surface area contributed by atoms with E-state index in [1.54, 1.807) is 12.1 Å². The number of nitrogens with zero attached hydrogens (tertiary/aromatic N) is 2. The van der Waals surface area contributed by atoms with E-state index in [-0.39, 0.29) is 27.7 Å². The third-order valence-corrected chi connectivity index (χ3v) is 5.67. The minimum absolute atomic E-state index is 0.132. The van der Waals surface area contributed by atoms with Crippen LogP contribution in [0.2, 0.25) is 10.3 Å². The summed E-state index contributed by atoms with van der Waals surface area (Å²) in [6.45, 7) is 8.95. The first-order chi connectivity index (χ1) is 15.8. The molecule has 1 aromatic heterocycles. The highest BCUT2D eigenvalue weighted by atomic mass is 35.5. The fourth-order valence-electron chi connectivity index (χ4n) is 3.30. The van der Waals surface area contributed by atoms with Crippen molar-refractivity contribution in [2.75, 3.05) is 23.7 Å². The Morgan fingerprint density at radius 2 is 1.45 bits per heavy atom. The van der Waals surface area contributed by atoms with E-state index in [0.29, 0.717) is 16.9 Å². The first kappa shape index (κ1) is 24.7. The molecule has 1 heterocycles. The predicted octanol–water partition coefficient (Wildman–Crippen LogP) is 6.04. The van der Waals surface area contributed by atoms with Crippen LogP contribution in [0.1, 0.15) is 45.7 Å². The number of amides is 2. The van der Waals surface area contributed by atoms with Gasteiger partial charge in [0.05, 0.1) is 0 Å².